The van der Waals surface area contributed by atoms with Crippen LogP contribution < -0.4 is 15.0 Å². The van der Waals surface area contributed by atoms with Gasteiger partial charge in [0.1, 0.15) is 0 Å². The number of hydrogen-bond donors (Lipinski definition) is 1. The summed E-state index contributed by atoms with van der Waals surface area (Å²) >= 11 is 1.60. The molecule has 0 bridgehead atoms. The number of ether oxygens (including phenoxy) is 1. The quantitative estimate of drug-likeness (QED) is 0.353. The first-order valence-electron chi connectivity index (χ1n) is 8.38. The van der Waals surface area contributed by atoms with E-state index in [0.29, 0.717) is 13.1 Å². The summed E-state index contributed by atoms with van der Waals surface area (Å²) in [6.07, 6.45) is 0. The van der Waals surface area contributed by atoms with Crippen LogP contribution in [0, 0.1) is 5.82 Å². The van der Waals surface area contributed by atoms with Crippen LogP contribution in [-0.2, 0) is 13.1 Å². The minimum atomic E-state index is -0.362. The lowest BCUT2D eigenvalue weighted by molar-refractivity contribution is 0.385. The summed E-state index contributed by atoms with van der Waals surface area (Å²) in [4.78, 5) is 13.1. The second kappa shape index (κ2) is 11.3. The number of halogens is 2. The molecule has 0 atom stereocenters. The number of guanidine groups is 1. The van der Waals surface area contributed by atoms with Gasteiger partial charge in [0.05, 0.1) is 19.3 Å². The van der Waals surface area contributed by atoms with Gasteiger partial charge in [0, 0.05) is 39.6 Å². The van der Waals surface area contributed by atoms with E-state index in [2.05, 4.69) is 15.3 Å². The highest BCUT2D eigenvalue weighted by Crippen LogP contribution is 2.19. The zero-order valence-corrected chi connectivity index (χ0v) is 19.5. The van der Waals surface area contributed by atoms with Gasteiger partial charge in [-0.1, -0.05) is 6.07 Å². The van der Waals surface area contributed by atoms with E-state index in [1.54, 1.807) is 17.4 Å². The summed E-state index contributed by atoms with van der Waals surface area (Å²) in [5.74, 6) is 0.638. The summed E-state index contributed by atoms with van der Waals surface area (Å²) in [5.41, 5.74) is 1.78. The van der Waals surface area contributed by atoms with Crippen LogP contribution in [0.1, 0.15) is 18.2 Å². The molecule has 150 valence electrons. The third kappa shape index (κ3) is 6.80. The Morgan fingerprint density at radius 2 is 2.07 bits per heavy atom. The van der Waals surface area contributed by atoms with Crippen molar-refractivity contribution in [1.82, 2.24) is 15.2 Å². The Bertz CT molecular complexity index is 753. The predicted octanol–water partition coefficient (Wildman–Crippen LogP) is 3.57. The Balaban J connectivity index is 0.00000364. The maximum atomic E-state index is 13.9. The zero-order chi connectivity index (χ0) is 19.1. The van der Waals surface area contributed by atoms with Gasteiger partial charge in [-0.2, -0.15) is 0 Å². The molecule has 1 heterocycles. The lowest BCUT2D eigenvalue weighted by atomic mass is 10.2. The molecular formula is C18H27FIN5OS. The maximum absolute atomic E-state index is 13.9. The monoisotopic (exact) mass is 507 g/mol. The Morgan fingerprint density at radius 3 is 2.63 bits per heavy atom. The molecule has 1 aromatic heterocycles. The number of methoxy groups -OCH3 is 1. The fraction of sp³-hybridized carbons (Fsp3) is 0.444. The first-order chi connectivity index (χ1) is 12.4. The van der Waals surface area contributed by atoms with Crippen molar-refractivity contribution in [2.75, 3.05) is 39.7 Å². The van der Waals surface area contributed by atoms with Gasteiger partial charge in [-0.05, 0) is 24.6 Å². The fourth-order valence-electron chi connectivity index (χ4n) is 2.36. The first kappa shape index (κ1) is 23.4. The summed E-state index contributed by atoms with van der Waals surface area (Å²) in [7, 11) is 7.33. The lowest BCUT2D eigenvalue weighted by Crippen LogP contribution is -2.38. The zero-order valence-electron chi connectivity index (χ0n) is 16.3. The highest BCUT2D eigenvalue weighted by molar-refractivity contribution is 14.0. The van der Waals surface area contributed by atoms with E-state index in [9.17, 15) is 4.39 Å². The molecule has 0 aliphatic rings. The second-order valence-corrected chi connectivity index (χ2v) is 6.85. The number of aliphatic imine (C=N–C) groups is 1. The van der Waals surface area contributed by atoms with Crippen LogP contribution in [-0.4, -0.2) is 50.6 Å². The van der Waals surface area contributed by atoms with E-state index >= 15 is 0 Å². The average molecular weight is 507 g/mol. The van der Waals surface area contributed by atoms with E-state index in [1.807, 2.05) is 49.3 Å². The molecule has 0 radical (unpaired) electrons. The highest BCUT2D eigenvalue weighted by Gasteiger charge is 2.10. The highest BCUT2D eigenvalue weighted by atomic mass is 127. The van der Waals surface area contributed by atoms with E-state index in [-0.39, 0.29) is 35.5 Å². The summed E-state index contributed by atoms with van der Waals surface area (Å²) in [6, 6.07) is 4.98. The van der Waals surface area contributed by atoms with Crippen LogP contribution in [0.3, 0.4) is 0 Å². The van der Waals surface area contributed by atoms with Gasteiger partial charge >= 0.3 is 0 Å². The third-order valence-corrected chi connectivity index (χ3v) is 4.70. The smallest absolute Gasteiger partial charge is 0.194 e. The molecule has 27 heavy (non-hydrogen) atoms. The number of anilines is 1. The number of aromatic nitrogens is 1. The van der Waals surface area contributed by atoms with E-state index in [0.717, 1.165) is 28.9 Å². The van der Waals surface area contributed by atoms with E-state index < -0.39 is 0 Å². The molecule has 0 fully saturated rings. The molecule has 0 saturated heterocycles. The molecular weight excluding hydrogens is 480 g/mol. The topological polar surface area (TPSA) is 53.0 Å². The molecule has 2 rings (SSSR count). The molecule has 1 aromatic carbocycles. The largest absolute Gasteiger partial charge is 0.494 e. The van der Waals surface area contributed by atoms with Crippen molar-refractivity contribution >= 4 is 46.4 Å². The summed E-state index contributed by atoms with van der Waals surface area (Å²) in [5, 5.41) is 6.24. The van der Waals surface area contributed by atoms with Gasteiger partial charge in [-0.15, -0.1) is 35.3 Å². The van der Waals surface area contributed by atoms with Gasteiger partial charge in [-0.3, -0.25) is 0 Å². The maximum Gasteiger partial charge on any atom is 0.194 e. The lowest BCUT2D eigenvalue weighted by Gasteiger charge is -2.22. The van der Waals surface area contributed by atoms with E-state index in [1.165, 1.54) is 13.2 Å². The van der Waals surface area contributed by atoms with Crippen molar-refractivity contribution < 1.29 is 9.13 Å². The Morgan fingerprint density at radius 1 is 1.33 bits per heavy atom. The molecule has 0 saturated carbocycles. The third-order valence-electron chi connectivity index (χ3n) is 3.65. The Kier molecular flexibility index (Phi) is 9.78. The molecule has 1 N–H and O–H groups in total. The number of nitrogens with one attached hydrogen (secondary N) is 1. The minimum Gasteiger partial charge on any atom is -0.494 e. The molecule has 6 nitrogen and oxygen atoms in total. The van der Waals surface area contributed by atoms with Crippen LogP contribution in [0.2, 0.25) is 0 Å². The Hall–Kier alpha value is -1.62. The molecule has 9 heteroatoms. The van der Waals surface area contributed by atoms with Crippen molar-refractivity contribution in [3.8, 4) is 5.75 Å². The number of nitrogens with zero attached hydrogens (tertiary/aromatic N) is 4. The normalized spacial score (nSPS) is 11.0. The molecule has 0 unspecified atom stereocenters. The fourth-order valence-corrected chi connectivity index (χ4v) is 3.11. The van der Waals surface area contributed by atoms with Crippen molar-refractivity contribution in [3.63, 3.8) is 0 Å². The molecule has 0 amide bonds. The van der Waals surface area contributed by atoms with Crippen molar-refractivity contribution in [2.45, 2.75) is 20.0 Å². The van der Waals surface area contributed by atoms with Gasteiger partial charge in [-0.25, -0.2) is 14.4 Å². The second-order valence-electron chi connectivity index (χ2n) is 6.01. The van der Waals surface area contributed by atoms with Gasteiger partial charge in [0.2, 0.25) is 0 Å². The predicted molar refractivity (Wildman–Crippen MR) is 121 cm³/mol. The molecule has 2 aromatic rings. The van der Waals surface area contributed by atoms with Crippen LogP contribution in [0.5, 0.6) is 5.75 Å². The number of thiazole rings is 1. The van der Waals surface area contributed by atoms with Crippen molar-refractivity contribution in [2.24, 2.45) is 4.99 Å². The molecule has 0 aliphatic carbocycles. The van der Waals surface area contributed by atoms with Crippen molar-refractivity contribution in [1.29, 1.82) is 0 Å². The number of benzene rings is 1. The summed E-state index contributed by atoms with van der Waals surface area (Å²) < 4.78 is 18.8. The average Bonchev–Trinajstić information content (AvgIpc) is 3.08. The van der Waals surface area contributed by atoms with Crippen LogP contribution in [0.4, 0.5) is 9.52 Å². The van der Waals surface area contributed by atoms with Crippen LogP contribution in [0.15, 0.2) is 28.6 Å². The van der Waals surface area contributed by atoms with E-state index in [4.69, 9.17) is 4.74 Å². The van der Waals surface area contributed by atoms with Crippen LogP contribution in [0.25, 0.3) is 0 Å². The Labute approximate surface area is 181 Å². The molecule has 0 aliphatic heterocycles. The first-order valence-corrected chi connectivity index (χ1v) is 9.26. The molecule has 0 spiro atoms. The van der Waals surface area contributed by atoms with Crippen molar-refractivity contribution in [3.05, 3.63) is 40.7 Å². The van der Waals surface area contributed by atoms with Gasteiger partial charge in [0.15, 0.2) is 22.7 Å². The number of rotatable bonds is 7. The standard InChI is InChI=1S/C18H26FN5OS.HI/c1-6-20-17(21-10-14-12-26-18(22-14)23(2)3)24(4)11-13-7-8-16(25-5)15(19)9-13;/h7-9,12H,6,10-11H2,1-5H3,(H,20,21);1H. The minimum absolute atomic E-state index is 0. The SMILES string of the molecule is CCNC(=NCc1csc(N(C)C)n1)N(C)Cc1ccc(OC)c(F)c1.I. The number of hydrogen-bond acceptors (Lipinski definition) is 5. The van der Waals surface area contributed by atoms with Gasteiger partial charge in [0.25, 0.3) is 0 Å². The van der Waals surface area contributed by atoms with Crippen LogP contribution >= 0.6 is 35.3 Å². The summed E-state index contributed by atoms with van der Waals surface area (Å²) in [6.45, 7) is 3.80. The van der Waals surface area contributed by atoms with Gasteiger partial charge < -0.3 is 19.9 Å².